The zero-order valence-corrected chi connectivity index (χ0v) is 13.0. The summed E-state index contributed by atoms with van der Waals surface area (Å²) in [6.07, 6.45) is 4.24. The Hall–Kier alpha value is -2.15. The fourth-order valence-electron chi connectivity index (χ4n) is 3.77. The molecule has 2 aliphatic rings. The van der Waals surface area contributed by atoms with Gasteiger partial charge in [-0.2, -0.15) is 0 Å². The zero-order valence-electron chi connectivity index (χ0n) is 13.0. The molecule has 2 aromatic heterocycles. The largest absolute Gasteiger partial charge is 0.366 e. The van der Waals surface area contributed by atoms with Crippen LogP contribution in [0.15, 0.2) is 6.20 Å². The first-order valence-electron chi connectivity index (χ1n) is 7.95. The highest BCUT2D eigenvalue weighted by Gasteiger charge is 2.33. The van der Waals surface area contributed by atoms with Crippen LogP contribution in [0.25, 0.3) is 17.3 Å². The number of halogens is 1. The Bertz CT molecular complexity index is 903. The molecule has 1 amide bonds. The molecule has 0 bridgehead atoms. The number of nitrogens with zero attached hydrogens (tertiary/aromatic N) is 2. The van der Waals surface area contributed by atoms with Gasteiger partial charge >= 0.3 is 0 Å². The van der Waals surface area contributed by atoms with Crippen LogP contribution < -0.4 is 21.7 Å². The van der Waals surface area contributed by atoms with E-state index in [-0.39, 0.29) is 11.8 Å². The number of aromatic amines is 1. The van der Waals surface area contributed by atoms with Gasteiger partial charge in [-0.25, -0.2) is 13.9 Å². The molecule has 2 aromatic rings. The van der Waals surface area contributed by atoms with E-state index in [4.69, 9.17) is 5.73 Å². The van der Waals surface area contributed by atoms with Crippen molar-refractivity contribution in [2.75, 3.05) is 13.1 Å². The van der Waals surface area contributed by atoms with Gasteiger partial charge in [-0.1, -0.05) is 6.92 Å². The zero-order chi connectivity index (χ0) is 16.2. The van der Waals surface area contributed by atoms with Gasteiger partial charge in [0.25, 0.3) is 0 Å². The molecule has 1 unspecified atom stereocenters. The van der Waals surface area contributed by atoms with Crippen molar-refractivity contribution >= 4 is 23.2 Å². The third kappa shape index (κ3) is 2.10. The first kappa shape index (κ1) is 14.4. The lowest BCUT2D eigenvalue weighted by Crippen LogP contribution is -2.39. The number of H-pyrrole nitrogens is 1. The van der Waals surface area contributed by atoms with Crippen LogP contribution in [0.3, 0.4) is 0 Å². The number of nitrogens with two attached hydrogens (primary N) is 1. The molecule has 122 valence electrons. The molecule has 1 aliphatic heterocycles. The number of fused-ring (bicyclic) bond motifs is 3. The van der Waals surface area contributed by atoms with E-state index in [9.17, 15) is 9.18 Å². The highest BCUT2D eigenvalue weighted by Crippen LogP contribution is 2.34. The molecule has 0 aromatic carbocycles. The van der Waals surface area contributed by atoms with E-state index in [1.165, 1.54) is 6.08 Å². The number of rotatable bonds is 2. The molecule has 0 saturated carbocycles. The lowest BCUT2D eigenvalue weighted by Gasteiger charge is -2.33. The van der Waals surface area contributed by atoms with Gasteiger partial charge in [0.2, 0.25) is 5.91 Å². The van der Waals surface area contributed by atoms with Crippen molar-refractivity contribution in [2.45, 2.75) is 37.8 Å². The quantitative estimate of drug-likeness (QED) is 0.695. The van der Waals surface area contributed by atoms with E-state index < -0.39 is 12.1 Å². The number of alkyl halides is 1. The normalized spacial score (nSPS) is 23.6. The van der Waals surface area contributed by atoms with Gasteiger partial charge in [0.05, 0.1) is 10.7 Å². The Labute approximate surface area is 132 Å². The van der Waals surface area contributed by atoms with Crippen molar-refractivity contribution in [2.24, 2.45) is 5.73 Å². The second-order valence-electron chi connectivity index (χ2n) is 6.73. The Morgan fingerprint density at radius 2 is 2.22 bits per heavy atom. The number of piperidine rings is 1. The second kappa shape index (κ2) is 4.92. The highest BCUT2D eigenvalue weighted by molar-refractivity contribution is 6.12. The van der Waals surface area contributed by atoms with Crippen molar-refractivity contribution in [1.82, 2.24) is 19.9 Å². The SMILES string of the molecule is CC1(c2c[nH]n3c4c(nc23)=CC(F)CC=4C(N)=O)CCNCC1. The Balaban J connectivity index is 2.00. The Morgan fingerprint density at radius 1 is 1.48 bits per heavy atom. The molecule has 4 N–H and O–H groups in total. The van der Waals surface area contributed by atoms with Crippen molar-refractivity contribution in [3.8, 4) is 0 Å². The molecule has 3 heterocycles. The number of imidazole rings is 1. The molecule has 6 nitrogen and oxygen atoms in total. The van der Waals surface area contributed by atoms with Gasteiger partial charge in [-0.3, -0.25) is 9.89 Å². The number of nitrogens with one attached hydrogen (secondary N) is 2. The van der Waals surface area contributed by atoms with Crippen molar-refractivity contribution in [3.05, 3.63) is 22.5 Å². The van der Waals surface area contributed by atoms with E-state index in [1.54, 1.807) is 4.52 Å². The summed E-state index contributed by atoms with van der Waals surface area (Å²) >= 11 is 0. The van der Waals surface area contributed by atoms with Crippen molar-refractivity contribution in [1.29, 1.82) is 0 Å². The maximum absolute atomic E-state index is 13.9. The molecular weight excluding hydrogens is 297 g/mol. The van der Waals surface area contributed by atoms with Gasteiger partial charge in [0.1, 0.15) is 6.17 Å². The van der Waals surface area contributed by atoms with Crippen LogP contribution in [0.4, 0.5) is 4.39 Å². The van der Waals surface area contributed by atoms with Crippen LogP contribution in [-0.4, -0.2) is 39.8 Å². The van der Waals surface area contributed by atoms with Gasteiger partial charge in [-0.05, 0) is 32.0 Å². The summed E-state index contributed by atoms with van der Waals surface area (Å²) < 4.78 is 15.7. The van der Waals surface area contributed by atoms with E-state index in [2.05, 4.69) is 22.3 Å². The highest BCUT2D eigenvalue weighted by atomic mass is 19.1. The minimum Gasteiger partial charge on any atom is -0.366 e. The van der Waals surface area contributed by atoms with Crippen LogP contribution in [0, 0.1) is 0 Å². The molecule has 1 aliphatic carbocycles. The van der Waals surface area contributed by atoms with Crippen LogP contribution in [0.5, 0.6) is 0 Å². The molecule has 0 radical (unpaired) electrons. The van der Waals surface area contributed by atoms with Crippen molar-refractivity contribution in [3.63, 3.8) is 0 Å². The van der Waals surface area contributed by atoms with Crippen LogP contribution in [0.2, 0.25) is 0 Å². The Kier molecular flexibility index (Phi) is 3.09. The third-order valence-electron chi connectivity index (χ3n) is 5.16. The summed E-state index contributed by atoms with van der Waals surface area (Å²) in [5, 5.41) is 7.65. The summed E-state index contributed by atoms with van der Waals surface area (Å²) in [6.45, 7) is 4.16. The summed E-state index contributed by atoms with van der Waals surface area (Å²) in [6, 6.07) is 0. The van der Waals surface area contributed by atoms with Gasteiger partial charge in [0.15, 0.2) is 5.65 Å². The average Bonchev–Trinajstić information content (AvgIpc) is 3.05. The molecule has 1 fully saturated rings. The van der Waals surface area contributed by atoms with Crippen LogP contribution >= 0.6 is 0 Å². The number of amides is 1. The van der Waals surface area contributed by atoms with Gasteiger partial charge in [-0.15, -0.1) is 0 Å². The maximum atomic E-state index is 13.9. The van der Waals surface area contributed by atoms with E-state index in [1.807, 2.05) is 6.20 Å². The average molecular weight is 317 g/mol. The monoisotopic (exact) mass is 317 g/mol. The molecule has 23 heavy (non-hydrogen) atoms. The first-order valence-corrected chi connectivity index (χ1v) is 7.95. The molecule has 1 atom stereocenters. The number of hydrogen-bond acceptors (Lipinski definition) is 3. The lowest BCUT2D eigenvalue weighted by atomic mass is 9.76. The van der Waals surface area contributed by atoms with E-state index >= 15 is 0 Å². The van der Waals surface area contributed by atoms with E-state index in [0.29, 0.717) is 16.3 Å². The smallest absolute Gasteiger partial charge is 0.247 e. The molecule has 4 rings (SSSR count). The maximum Gasteiger partial charge on any atom is 0.247 e. The lowest BCUT2D eigenvalue weighted by molar-refractivity contribution is -0.113. The van der Waals surface area contributed by atoms with Gasteiger partial charge in [0, 0.05) is 29.2 Å². The summed E-state index contributed by atoms with van der Waals surface area (Å²) in [5.74, 6) is -0.590. The minimum atomic E-state index is -1.22. The minimum absolute atomic E-state index is 0.00562. The first-order chi connectivity index (χ1) is 11.0. The summed E-state index contributed by atoms with van der Waals surface area (Å²) in [5.41, 5.74) is 7.64. The number of carbonyl (C=O) groups excluding carboxylic acids is 1. The van der Waals surface area contributed by atoms with E-state index in [0.717, 1.165) is 37.1 Å². The molecule has 1 saturated heterocycles. The van der Waals surface area contributed by atoms with Gasteiger partial charge < -0.3 is 11.1 Å². The molecular formula is C16H20FN5O. The number of carbonyl (C=O) groups is 1. The van der Waals surface area contributed by atoms with Crippen LogP contribution in [-0.2, 0) is 10.2 Å². The fourth-order valence-corrected chi connectivity index (χ4v) is 3.77. The topological polar surface area (TPSA) is 88.2 Å². The fraction of sp³-hybridized carbons (Fsp3) is 0.500. The van der Waals surface area contributed by atoms with Crippen LogP contribution in [0.1, 0.15) is 31.7 Å². The third-order valence-corrected chi connectivity index (χ3v) is 5.16. The number of aromatic nitrogens is 3. The molecule has 7 heteroatoms. The molecule has 0 spiro atoms. The summed E-state index contributed by atoms with van der Waals surface area (Å²) in [7, 11) is 0. The predicted octanol–water partition coefficient (Wildman–Crippen LogP) is -0.538. The second-order valence-corrected chi connectivity index (χ2v) is 6.73. The Morgan fingerprint density at radius 3 is 2.91 bits per heavy atom. The standard InChI is InChI=1S/C16H20FN5O/c1-16(2-4-19-5-3-16)11-8-20-22-13-10(14(18)23)6-9(17)7-12(13)21-15(11)22/h7-9,19-20H,2-6H2,1H3,(H2,18,23). The number of primary amides is 1. The number of hydrogen-bond donors (Lipinski definition) is 3. The predicted molar refractivity (Wildman–Crippen MR) is 84.8 cm³/mol. The van der Waals surface area contributed by atoms with Crippen molar-refractivity contribution < 1.29 is 9.18 Å². The summed E-state index contributed by atoms with van der Waals surface area (Å²) in [4.78, 5) is 16.3.